The number of carbonyl (C=O) groups excluding carboxylic acids is 2. The first kappa shape index (κ1) is 16.5. The number of hydrogen-bond donors (Lipinski definition) is 1. The van der Waals surface area contributed by atoms with Gasteiger partial charge < -0.3 is 15.5 Å². The Morgan fingerprint density at radius 1 is 1.41 bits per heavy atom. The van der Waals surface area contributed by atoms with E-state index in [1.807, 2.05) is 44.2 Å². The van der Waals surface area contributed by atoms with E-state index in [9.17, 15) is 9.59 Å². The molecule has 1 saturated heterocycles. The Kier molecular flexibility index (Phi) is 5.55. The highest BCUT2D eigenvalue weighted by Gasteiger charge is 2.37. The molecule has 2 amide bonds. The molecule has 1 aromatic rings. The second-order valence-electron chi connectivity index (χ2n) is 5.83. The minimum Gasteiger partial charge on any atom is -0.331 e. The average Bonchev–Trinajstić information content (AvgIpc) is 2.89. The fourth-order valence-electron chi connectivity index (χ4n) is 2.88. The summed E-state index contributed by atoms with van der Waals surface area (Å²) in [5.41, 5.74) is 6.61. The molecular formula is C17H25N3O2. The van der Waals surface area contributed by atoms with Gasteiger partial charge in [-0.3, -0.25) is 9.59 Å². The summed E-state index contributed by atoms with van der Waals surface area (Å²) in [5.74, 6) is 0.0373. The first-order chi connectivity index (χ1) is 10.5. The Balaban J connectivity index is 2.05. The molecule has 22 heavy (non-hydrogen) atoms. The van der Waals surface area contributed by atoms with Crippen LogP contribution in [0.15, 0.2) is 30.3 Å². The maximum atomic E-state index is 12.7. The van der Waals surface area contributed by atoms with Crippen LogP contribution in [0.4, 0.5) is 5.69 Å². The predicted octanol–water partition coefficient (Wildman–Crippen LogP) is 1.77. The Morgan fingerprint density at radius 2 is 2.09 bits per heavy atom. The topological polar surface area (TPSA) is 66.6 Å². The molecule has 0 aliphatic carbocycles. The van der Waals surface area contributed by atoms with Gasteiger partial charge in [-0.2, -0.15) is 0 Å². The minimum absolute atomic E-state index is 0.00255. The van der Waals surface area contributed by atoms with Crippen molar-refractivity contribution in [3.8, 4) is 0 Å². The van der Waals surface area contributed by atoms with Crippen LogP contribution >= 0.6 is 0 Å². The van der Waals surface area contributed by atoms with Crippen molar-refractivity contribution in [3.05, 3.63) is 30.3 Å². The monoisotopic (exact) mass is 303 g/mol. The van der Waals surface area contributed by atoms with Crippen molar-refractivity contribution >= 4 is 17.5 Å². The second kappa shape index (κ2) is 7.40. The molecule has 5 nitrogen and oxygen atoms in total. The summed E-state index contributed by atoms with van der Waals surface area (Å²) in [6, 6.07) is 9.27. The molecule has 0 aromatic heterocycles. The maximum absolute atomic E-state index is 12.7. The average molecular weight is 303 g/mol. The molecular weight excluding hydrogens is 278 g/mol. The van der Waals surface area contributed by atoms with Crippen LogP contribution in [-0.2, 0) is 9.59 Å². The lowest BCUT2D eigenvalue weighted by Crippen LogP contribution is -2.45. The van der Waals surface area contributed by atoms with E-state index in [1.54, 1.807) is 9.80 Å². The maximum Gasteiger partial charge on any atom is 0.249 e. The number of nitrogens with zero attached hydrogens (tertiary/aromatic N) is 2. The van der Waals surface area contributed by atoms with Gasteiger partial charge in [-0.1, -0.05) is 18.2 Å². The van der Waals surface area contributed by atoms with E-state index < -0.39 is 0 Å². The van der Waals surface area contributed by atoms with Crippen LogP contribution in [0.2, 0.25) is 0 Å². The van der Waals surface area contributed by atoms with Gasteiger partial charge in [-0.15, -0.1) is 0 Å². The Hall–Kier alpha value is -1.88. The normalized spacial score (nSPS) is 19.3. The molecule has 2 atom stereocenters. The van der Waals surface area contributed by atoms with Gasteiger partial charge >= 0.3 is 0 Å². The number of amides is 2. The highest BCUT2D eigenvalue weighted by Crippen LogP contribution is 2.24. The van der Waals surface area contributed by atoms with E-state index in [4.69, 9.17) is 5.73 Å². The zero-order chi connectivity index (χ0) is 16.1. The number of benzene rings is 1. The second-order valence-corrected chi connectivity index (χ2v) is 5.83. The first-order valence-corrected chi connectivity index (χ1v) is 7.96. The molecule has 0 saturated carbocycles. The molecule has 120 valence electrons. The van der Waals surface area contributed by atoms with E-state index in [0.717, 1.165) is 5.69 Å². The SMILES string of the molecule is CCN(C(=O)CCC(C)N)C1CCN(c2ccccc2)C1=O. The minimum atomic E-state index is -0.342. The lowest BCUT2D eigenvalue weighted by Gasteiger charge is -2.27. The quantitative estimate of drug-likeness (QED) is 0.871. The summed E-state index contributed by atoms with van der Waals surface area (Å²) in [4.78, 5) is 28.5. The van der Waals surface area contributed by atoms with Gasteiger partial charge in [0.2, 0.25) is 11.8 Å². The number of likely N-dealkylation sites (N-methyl/N-ethyl adjacent to an activating group) is 1. The number of rotatable bonds is 6. The zero-order valence-corrected chi connectivity index (χ0v) is 13.4. The van der Waals surface area contributed by atoms with Gasteiger partial charge in [0.1, 0.15) is 6.04 Å². The molecule has 1 heterocycles. The third kappa shape index (κ3) is 3.65. The van der Waals surface area contributed by atoms with E-state index in [1.165, 1.54) is 0 Å². The predicted molar refractivity (Wildman–Crippen MR) is 87.5 cm³/mol. The van der Waals surface area contributed by atoms with Gasteiger partial charge in [-0.05, 0) is 38.8 Å². The van der Waals surface area contributed by atoms with Crippen molar-refractivity contribution in [2.75, 3.05) is 18.0 Å². The molecule has 1 aliphatic heterocycles. The molecule has 1 aromatic carbocycles. The van der Waals surface area contributed by atoms with Crippen molar-refractivity contribution in [1.82, 2.24) is 4.90 Å². The van der Waals surface area contributed by atoms with Crippen LogP contribution in [0.25, 0.3) is 0 Å². The van der Waals surface area contributed by atoms with Gasteiger partial charge in [0.15, 0.2) is 0 Å². The van der Waals surface area contributed by atoms with Gasteiger partial charge in [0.05, 0.1) is 0 Å². The summed E-state index contributed by atoms with van der Waals surface area (Å²) in [7, 11) is 0. The lowest BCUT2D eigenvalue weighted by molar-refractivity contribution is -0.138. The van der Waals surface area contributed by atoms with Crippen LogP contribution in [0, 0.1) is 0 Å². The summed E-state index contributed by atoms with van der Waals surface area (Å²) in [6.45, 7) is 5.02. The first-order valence-electron chi connectivity index (χ1n) is 7.96. The van der Waals surface area contributed by atoms with Gasteiger partial charge in [0.25, 0.3) is 0 Å². The number of anilines is 1. The fraction of sp³-hybridized carbons (Fsp3) is 0.529. The van der Waals surface area contributed by atoms with E-state index in [-0.39, 0.29) is 23.9 Å². The van der Waals surface area contributed by atoms with E-state index >= 15 is 0 Å². The van der Waals surface area contributed by atoms with Crippen LogP contribution in [0.3, 0.4) is 0 Å². The van der Waals surface area contributed by atoms with Gasteiger partial charge in [0, 0.05) is 31.2 Å². The molecule has 1 fully saturated rings. The number of para-hydroxylation sites is 1. The Morgan fingerprint density at radius 3 is 2.68 bits per heavy atom. The Bertz CT molecular complexity index is 516. The highest BCUT2D eigenvalue weighted by atomic mass is 16.2. The highest BCUT2D eigenvalue weighted by molar-refractivity contribution is 6.01. The number of hydrogen-bond acceptors (Lipinski definition) is 3. The summed E-state index contributed by atoms with van der Waals surface area (Å²) in [6.07, 6.45) is 1.74. The van der Waals surface area contributed by atoms with Crippen molar-refractivity contribution in [1.29, 1.82) is 0 Å². The van der Waals surface area contributed by atoms with Crippen molar-refractivity contribution in [2.45, 2.75) is 45.2 Å². The molecule has 5 heteroatoms. The van der Waals surface area contributed by atoms with Gasteiger partial charge in [-0.25, -0.2) is 0 Å². The number of carbonyl (C=O) groups is 2. The molecule has 0 bridgehead atoms. The van der Waals surface area contributed by atoms with Crippen molar-refractivity contribution in [2.24, 2.45) is 5.73 Å². The van der Waals surface area contributed by atoms with Crippen LogP contribution in [0.1, 0.15) is 33.1 Å². The molecule has 2 N–H and O–H groups in total. The standard InChI is InChI=1S/C17H25N3O2/c1-3-19(16(21)10-9-13(2)18)15-11-12-20(17(15)22)14-7-5-4-6-8-14/h4-8,13,15H,3,9-12,18H2,1-2H3. The largest absolute Gasteiger partial charge is 0.331 e. The summed E-state index contributed by atoms with van der Waals surface area (Å²) < 4.78 is 0. The Labute approximate surface area is 132 Å². The molecule has 2 unspecified atom stereocenters. The van der Waals surface area contributed by atoms with Crippen molar-refractivity contribution < 1.29 is 9.59 Å². The molecule has 0 spiro atoms. The fourth-order valence-corrected chi connectivity index (χ4v) is 2.88. The third-order valence-electron chi connectivity index (χ3n) is 4.10. The van der Waals surface area contributed by atoms with Crippen molar-refractivity contribution in [3.63, 3.8) is 0 Å². The van der Waals surface area contributed by atoms with E-state index in [0.29, 0.717) is 32.4 Å². The lowest BCUT2D eigenvalue weighted by atomic mass is 10.1. The summed E-state index contributed by atoms with van der Waals surface area (Å²) in [5, 5.41) is 0. The molecule has 2 rings (SSSR count). The molecule has 1 aliphatic rings. The third-order valence-corrected chi connectivity index (χ3v) is 4.10. The zero-order valence-electron chi connectivity index (χ0n) is 13.4. The van der Waals surface area contributed by atoms with Crippen LogP contribution in [0.5, 0.6) is 0 Å². The van der Waals surface area contributed by atoms with Crippen LogP contribution in [-0.4, -0.2) is 41.9 Å². The molecule has 0 radical (unpaired) electrons. The smallest absolute Gasteiger partial charge is 0.249 e. The number of nitrogens with two attached hydrogens (primary N) is 1. The summed E-state index contributed by atoms with van der Waals surface area (Å²) >= 11 is 0. The van der Waals surface area contributed by atoms with E-state index in [2.05, 4.69) is 0 Å². The van der Waals surface area contributed by atoms with Crippen LogP contribution < -0.4 is 10.6 Å².